The summed E-state index contributed by atoms with van der Waals surface area (Å²) in [6.07, 6.45) is 6.41. The molecule has 0 heterocycles. The number of nitrogens with zero attached hydrogens (tertiary/aromatic N) is 1. The van der Waals surface area contributed by atoms with Gasteiger partial charge < -0.3 is 15.3 Å². The minimum Gasteiger partial charge on any atom is -0.394 e. The van der Waals surface area contributed by atoms with Crippen LogP contribution in [0.5, 0.6) is 0 Å². The molecule has 3 nitrogen and oxygen atoms in total. The summed E-state index contributed by atoms with van der Waals surface area (Å²) in [5.41, 5.74) is -0.0988. The Labute approximate surface area is 106 Å². The van der Waals surface area contributed by atoms with Gasteiger partial charge in [-0.05, 0) is 58.9 Å². The molecule has 2 atom stereocenters. The van der Waals surface area contributed by atoms with Gasteiger partial charge in [-0.15, -0.1) is 0 Å². The minimum atomic E-state index is -0.0988. The van der Waals surface area contributed by atoms with Crippen molar-refractivity contribution in [2.75, 3.05) is 20.2 Å². The Morgan fingerprint density at radius 1 is 1.35 bits per heavy atom. The second-order valence-electron chi connectivity index (χ2n) is 6.57. The first-order valence-electron chi connectivity index (χ1n) is 7.11. The normalized spacial score (nSPS) is 25.9. The lowest BCUT2D eigenvalue weighted by molar-refractivity contribution is 0.123. The molecular formula is C14H28N2O. The maximum absolute atomic E-state index is 9.61. The predicted molar refractivity (Wildman–Crippen MR) is 71.1 cm³/mol. The van der Waals surface area contributed by atoms with Gasteiger partial charge in [-0.25, -0.2) is 0 Å². The van der Waals surface area contributed by atoms with E-state index < -0.39 is 0 Å². The highest BCUT2D eigenvalue weighted by Crippen LogP contribution is 2.31. The highest BCUT2D eigenvalue weighted by Gasteiger charge is 2.34. The van der Waals surface area contributed by atoms with Gasteiger partial charge in [-0.1, -0.05) is 0 Å². The highest BCUT2D eigenvalue weighted by atomic mass is 16.3. The summed E-state index contributed by atoms with van der Waals surface area (Å²) in [4.78, 5) is 2.46. The standard InChI is InChI=1S/C14H28N2O/c1-11(16(3)9-12-4-5-12)8-14(2,10-17)15-13-6-7-13/h11-13,15,17H,4-10H2,1-3H3. The van der Waals surface area contributed by atoms with E-state index in [2.05, 4.69) is 31.1 Å². The third kappa shape index (κ3) is 4.23. The molecule has 100 valence electrons. The van der Waals surface area contributed by atoms with Crippen molar-refractivity contribution >= 4 is 0 Å². The van der Waals surface area contributed by atoms with Crippen molar-refractivity contribution in [1.82, 2.24) is 10.2 Å². The van der Waals surface area contributed by atoms with Gasteiger partial charge in [0.2, 0.25) is 0 Å². The Balaban J connectivity index is 1.78. The lowest BCUT2D eigenvalue weighted by Crippen LogP contribution is -2.51. The Morgan fingerprint density at radius 3 is 2.47 bits per heavy atom. The fourth-order valence-electron chi connectivity index (χ4n) is 2.59. The first-order chi connectivity index (χ1) is 8.02. The lowest BCUT2D eigenvalue weighted by atomic mass is 9.93. The lowest BCUT2D eigenvalue weighted by Gasteiger charge is -2.35. The van der Waals surface area contributed by atoms with E-state index in [-0.39, 0.29) is 12.1 Å². The van der Waals surface area contributed by atoms with E-state index in [1.807, 2.05) is 0 Å². The van der Waals surface area contributed by atoms with E-state index >= 15 is 0 Å². The number of aliphatic hydroxyl groups excluding tert-OH is 1. The van der Waals surface area contributed by atoms with E-state index in [1.165, 1.54) is 32.2 Å². The molecule has 0 radical (unpaired) electrons. The molecule has 2 rings (SSSR count). The van der Waals surface area contributed by atoms with Crippen LogP contribution in [-0.2, 0) is 0 Å². The SMILES string of the molecule is CC(CC(C)(CO)NC1CC1)N(C)CC1CC1. The average Bonchev–Trinajstić information content (AvgIpc) is 3.13. The molecule has 2 unspecified atom stereocenters. The fraction of sp³-hybridized carbons (Fsp3) is 1.00. The average molecular weight is 240 g/mol. The summed E-state index contributed by atoms with van der Waals surface area (Å²) >= 11 is 0. The van der Waals surface area contributed by atoms with Gasteiger partial charge >= 0.3 is 0 Å². The third-order valence-corrected chi connectivity index (χ3v) is 4.22. The molecule has 0 aromatic carbocycles. The largest absolute Gasteiger partial charge is 0.394 e. The first-order valence-corrected chi connectivity index (χ1v) is 7.11. The van der Waals surface area contributed by atoms with E-state index in [4.69, 9.17) is 0 Å². The van der Waals surface area contributed by atoms with Gasteiger partial charge in [0.05, 0.1) is 6.61 Å². The highest BCUT2D eigenvalue weighted by molar-refractivity contribution is 4.94. The van der Waals surface area contributed by atoms with E-state index in [0.29, 0.717) is 12.1 Å². The Morgan fingerprint density at radius 2 is 2.00 bits per heavy atom. The van der Waals surface area contributed by atoms with Gasteiger partial charge in [0.15, 0.2) is 0 Å². The molecule has 0 spiro atoms. The van der Waals surface area contributed by atoms with Crippen LogP contribution in [0.25, 0.3) is 0 Å². The zero-order valence-corrected chi connectivity index (χ0v) is 11.6. The second kappa shape index (κ2) is 5.25. The molecule has 17 heavy (non-hydrogen) atoms. The zero-order chi connectivity index (χ0) is 12.5. The van der Waals surface area contributed by atoms with Crippen molar-refractivity contribution in [2.24, 2.45) is 5.92 Å². The number of hydrogen-bond donors (Lipinski definition) is 2. The van der Waals surface area contributed by atoms with Crippen molar-refractivity contribution in [3.63, 3.8) is 0 Å². The molecule has 3 heteroatoms. The number of nitrogens with one attached hydrogen (secondary N) is 1. The van der Waals surface area contributed by atoms with E-state index in [0.717, 1.165) is 12.3 Å². The Hall–Kier alpha value is -0.120. The zero-order valence-electron chi connectivity index (χ0n) is 11.6. The van der Waals surface area contributed by atoms with Crippen molar-refractivity contribution in [1.29, 1.82) is 0 Å². The van der Waals surface area contributed by atoms with Crippen molar-refractivity contribution < 1.29 is 5.11 Å². The summed E-state index contributed by atoms with van der Waals surface area (Å²) < 4.78 is 0. The number of rotatable bonds is 8. The van der Waals surface area contributed by atoms with Gasteiger partial charge in [-0.3, -0.25) is 0 Å². The summed E-state index contributed by atoms with van der Waals surface area (Å²) in [5.74, 6) is 0.944. The summed E-state index contributed by atoms with van der Waals surface area (Å²) in [5, 5.41) is 13.2. The van der Waals surface area contributed by atoms with E-state index in [1.54, 1.807) is 0 Å². The van der Waals surface area contributed by atoms with Gasteiger partial charge in [-0.2, -0.15) is 0 Å². The summed E-state index contributed by atoms with van der Waals surface area (Å²) in [6, 6.07) is 1.20. The number of hydrogen-bond acceptors (Lipinski definition) is 3. The van der Waals surface area contributed by atoms with Crippen LogP contribution in [0.1, 0.15) is 46.0 Å². The monoisotopic (exact) mass is 240 g/mol. The van der Waals surface area contributed by atoms with Crippen LogP contribution >= 0.6 is 0 Å². The second-order valence-corrected chi connectivity index (χ2v) is 6.57. The smallest absolute Gasteiger partial charge is 0.0611 e. The summed E-state index contributed by atoms with van der Waals surface area (Å²) in [7, 11) is 2.22. The van der Waals surface area contributed by atoms with Crippen LogP contribution < -0.4 is 5.32 Å². The number of aliphatic hydroxyl groups is 1. The quantitative estimate of drug-likeness (QED) is 0.676. The molecule has 0 amide bonds. The molecule has 2 N–H and O–H groups in total. The molecule has 0 aromatic heterocycles. The van der Waals surface area contributed by atoms with Gasteiger partial charge in [0.1, 0.15) is 0 Å². The van der Waals surface area contributed by atoms with Gasteiger partial charge in [0.25, 0.3) is 0 Å². The van der Waals surface area contributed by atoms with Crippen LogP contribution in [0, 0.1) is 5.92 Å². The Kier molecular flexibility index (Phi) is 4.11. The maximum atomic E-state index is 9.61. The van der Waals surface area contributed by atoms with Crippen molar-refractivity contribution in [3.05, 3.63) is 0 Å². The van der Waals surface area contributed by atoms with E-state index in [9.17, 15) is 5.11 Å². The maximum Gasteiger partial charge on any atom is 0.0611 e. The molecule has 0 aromatic rings. The third-order valence-electron chi connectivity index (χ3n) is 4.22. The molecular weight excluding hydrogens is 212 g/mol. The summed E-state index contributed by atoms with van der Waals surface area (Å²) in [6.45, 7) is 5.91. The van der Waals surface area contributed by atoms with Crippen LogP contribution in [0.15, 0.2) is 0 Å². The molecule has 2 saturated carbocycles. The fourth-order valence-corrected chi connectivity index (χ4v) is 2.59. The first kappa shape index (κ1) is 13.3. The molecule has 2 aliphatic carbocycles. The topological polar surface area (TPSA) is 35.5 Å². The molecule has 2 fully saturated rings. The minimum absolute atomic E-state index is 0.0988. The van der Waals surface area contributed by atoms with Crippen LogP contribution in [0.3, 0.4) is 0 Å². The molecule has 0 aliphatic heterocycles. The molecule has 2 aliphatic rings. The Bertz CT molecular complexity index is 251. The van der Waals surface area contributed by atoms with Gasteiger partial charge in [0, 0.05) is 24.2 Å². The molecule has 0 bridgehead atoms. The van der Waals surface area contributed by atoms with Crippen molar-refractivity contribution in [3.8, 4) is 0 Å². The van der Waals surface area contributed by atoms with Crippen molar-refractivity contribution in [2.45, 2.75) is 63.6 Å². The van der Waals surface area contributed by atoms with Crippen LogP contribution in [0.2, 0.25) is 0 Å². The molecule has 0 saturated heterocycles. The van der Waals surface area contributed by atoms with Crippen LogP contribution in [-0.4, -0.2) is 47.8 Å². The predicted octanol–water partition coefficient (Wildman–Crippen LogP) is 1.61. The van der Waals surface area contributed by atoms with Crippen LogP contribution in [0.4, 0.5) is 0 Å².